The third-order valence-electron chi connectivity index (χ3n) is 3.98. The zero-order valence-corrected chi connectivity index (χ0v) is 14.9. The molecule has 0 bridgehead atoms. The number of nitrogens with two attached hydrogens (primary N) is 1. The highest BCUT2D eigenvalue weighted by atomic mass is 16.5. The van der Waals surface area contributed by atoms with Crippen LogP contribution in [-0.4, -0.2) is 40.6 Å². The lowest BCUT2D eigenvalue weighted by molar-refractivity contribution is 0.0941. The van der Waals surface area contributed by atoms with E-state index in [0.29, 0.717) is 11.4 Å². The first kappa shape index (κ1) is 18.3. The maximum atomic E-state index is 12.7. The monoisotopic (exact) mass is 369 g/mol. The summed E-state index contributed by atoms with van der Waals surface area (Å²) < 4.78 is 11.6. The number of nitrogens with zero attached hydrogens (tertiary/aromatic N) is 3. The summed E-state index contributed by atoms with van der Waals surface area (Å²) in [5.41, 5.74) is 7.16. The molecule has 2 aromatic heterocycles. The number of benzene rings is 1. The number of methoxy groups -OCH3 is 2. The number of ether oxygens (including phenoxy) is 2. The van der Waals surface area contributed by atoms with Gasteiger partial charge in [0.15, 0.2) is 5.65 Å². The fraction of sp³-hybridized carbons (Fsp3) is 0.222. The number of carbonyl (C=O) groups is 2. The normalized spacial score (nSPS) is 10.7. The number of nitrogens with one attached hydrogen (secondary N) is 1. The minimum absolute atomic E-state index is 0.0733. The van der Waals surface area contributed by atoms with Crippen molar-refractivity contribution < 1.29 is 19.1 Å². The number of para-hydroxylation sites is 1. The molecule has 0 unspecified atom stereocenters. The van der Waals surface area contributed by atoms with Crippen molar-refractivity contribution in [3.8, 4) is 5.75 Å². The minimum Gasteiger partial charge on any atom is -0.496 e. The van der Waals surface area contributed by atoms with E-state index in [9.17, 15) is 9.59 Å². The molecule has 2 amide bonds. The highest BCUT2D eigenvalue weighted by molar-refractivity contribution is 6.01. The van der Waals surface area contributed by atoms with Crippen LogP contribution in [0.5, 0.6) is 5.75 Å². The molecule has 3 aromatic rings. The van der Waals surface area contributed by atoms with E-state index in [1.54, 1.807) is 7.11 Å². The predicted octanol–water partition coefficient (Wildman–Crippen LogP) is 0.913. The molecule has 0 atom stereocenters. The van der Waals surface area contributed by atoms with Crippen LogP contribution in [-0.2, 0) is 17.9 Å². The maximum Gasteiger partial charge on any atom is 0.270 e. The quantitative estimate of drug-likeness (QED) is 0.639. The Morgan fingerprint density at radius 3 is 2.70 bits per heavy atom. The van der Waals surface area contributed by atoms with Gasteiger partial charge in [-0.2, -0.15) is 5.10 Å². The Balaban J connectivity index is 1.93. The van der Waals surface area contributed by atoms with Gasteiger partial charge < -0.3 is 20.5 Å². The molecule has 27 heavy (non-hydrogen) atoms. The molecule has 0 saturated carbocycles. The molecular formula is C18H19N5O4. The van der Waals surface area contributed by atoms with E-state index in [1.165, 1.54) is 23.9 Å². The highest BCUT2D eigenvalue weighted by Gasteiger charge is 2.22. The number of fused-ring (bicyclic) bond motifs is 1. The molecule has 3 N–H and O–H groups in total. The summed E-state index contributed by atoms with van der Waals surface area (Å²) in [6, 6.07) is 8.90. The van der Waals surface area contributed by atoms with Crippen molar-refractivity contribution in [1.29, 1.82) is 0 Å². The number of hydrogen-bond donors (Lipinski definition) is 2. The van der Waals surface area contributed by atoms with Crippen LogP contribution in [0.4, 0.5) is 0 Å². The summed E-state index contributed by atoms with van der Waals surface area (Å²) in [5.74, 6) is -0.387. The van der Waals surface area contributed by atoms with Crippen LogP contribution < -0.4 is 15.8 Å². The molecule has 0 aliphatic rings. The number of rotatable bonds is 7. The smallest absolute Gasteiger partial charge is 0.270 e. The number of amides is 2. The lowest BCUT2D eigenvalue weighted by atomic mass is 10.2. The second-order valence-electron chi connectivity index (χ2n) is 5.68. The summed E-state index contributed by atoms with van der Waals surface area (Å²) in [6.45, 7) is 0.339. The molecule has 0 saturated heterocycles. The Morgan fingerprint density at radius 1 is 1.22 bits per heavy atom. The van der Waals surface area contributed by atoms with Gasteiger partial charge in [-0.3, -0.25) is 9.59 Å². The first-order chi connectivity index (χ1) is 13.1. The third-order valence-corrected chi connectivity index (χ3v) is 3.98. The van der Waals surface area contributed by atoms with Crippen LogP contribution in [0.3, 0.4) is 0 Å². The zero-order valence-electron chi connectivity index (χ0n) is 14.9. The summed E-state index contributed by atoms with van der Waals surface area (Å²) in [5, 5.41) is 7.09. The van der Waals surface area contributed by atoms with Crippen molar-refractivity contribution in [2.24, 2.45) is 5.73 Å². The molecule has 1 aromatic carbocycles. The summed E-state index contributed by atoms with van der Waals surface area (Å²) in [6.07, 6.45) is 1.43. The average molecular weight is 369 g/mol. The van der Waals surface area contributed by atoms with Gasteiger partial charge in [-0.25, -0.2) is 9.50 Å². The van der Waals surface area contributed by atoms with Crippen molar-refractivity contribution in [2.75, 3.05) is 14.2 Å². The van der Waals surface area contributed by atoms with Crippen molar-refractivity contribution in [2.45, 2.75) is 13.2 Å². The SMILES string of the molecule is COCc1nn2c(C(=O)NCc3ccccc3OC)ccnc2c1C(N)=O. The molecule has 0 spiro atoms. The lowest BCUT2D eigenvalue weighted by Gasteiger charge is -2.10. The predicted molar refractivity (Wildman–Crippen MR) is 96.4 cm³/mol. The van der Waals surface area contributed by atoms with Gasteiger partial charge in [0, 0.05) is 25.4 Å². The van der Waals surface area contributed by atoms with E-state index >= 15 is 0 Å². The standard InChI is InChI=1S/C18H19N5O4/c1-26-10-12-15(16(19)24)17-20-8-7-13(23(17)22-12)18(25)21-9-11-5-3-4-6-14(11)27-2/h3-8H,9-10H2,1-2H3,(H2,19,24)(H,21,25). The number of carbonyl (C=O) groups excluding carboxylic acids is 2. The molecule has 0 aliphatic carbocycles. The van der Waals surface area contributed by atoms with Gasteiger partial charge in [-0.05, 0) is 12.1 Å². The summed E-state index contributed by atoms with van der Waals surface area (Å²) >= 11 is 0. The number of primary amides is 1. The van der Waals surface area contributed by atoms with Crippen molar-refractivity contribution in [3.05, 3.63) is 59.0 Å². The second-order valence-corrected chi connectivity index (χ2v) is 5.68. The lowest BCUT2D eigenvalue weighted by Crippen LogP contribution is -2.25. The second kappa shape index (κ2) is 7.83. The van der Waals surface area contributed by atoms with Gasteiger partial charge >= 0.3 is 0 Å². The van der Waals surface area contributed by atoms with Crippen LogP contribution in [0.2, 0.25) is 0 Å². The average Bonchev–Trinajstić information content (AvgIpc) is 3.04. The van der Waals surface area contributed by atoms with Crippen LogP contribution in [0.1, 0.15) is 32.1 Å². The van der Waals surface area contributed by atoms with Gasteiger partial charge in [-0.15, -0.1) is 0 Å². The maximum absolute atomic E-state index is 12.7. The summed E-state index contributed by atoms with van der Waals surface area (Å²) in [4.78, 5) is 28.6. The molecule has 2 heterocycles. The fourth-order valence-electron chi connectivity index (χ4n) is 2.77. The van der Waals surface area contributed by atoms with Crippen molar-refractivity contribution in [1.82, 2.24) is 19.9 Å². The van der Waals surface area contributed by atoms with E-state index in [1.807, 2.05) is 24.3 Å². The van der Waals surface area contributed by atoms with Crippen LogP contribution >= 0.6 is 0 Å². The minimum atomic E-state index is -0.684. The molecule has 3 rings (SSSR count). The largest absolute Gasteiger partial charge is 0.496 e. The molecule has 0 aliphatic heterocycles. The topological polar surface area (TPSA) is 121 Å². The van der Waals surface area contributed by atoms with Gasteiger partial charge in [0.1, 0.15) is 22.7 Å². The van der Waals surface area contributed by atoms with Crippen molar-refractivity contribution in [3.63, 3.8) is 0 Å². The summed E-state index contributed by atoms with van der Waals surface area (Å²) in [7, 11) is 3.04. The first-order valence-electron chi connectivity index (χ1n) is 8.12. The highest BCUT2D eigenvalue weighted by Crippen LogP contribution is 2.18. The van der Waals surface area contributed by atoms with Gasteiger partial charge in [-0.1, -0.05) is 18.2 Å². The van der Waals surface area contributed by atoms with Gasteiger partial charge in [0.2, 0.25) is 0 Å². The Morgan fingerprint density at radius 2 is 2.00 bits per heavy atom. The Labute approximate surface area is 155 Å². The van der Waals surface area contributed by atoms with E-state index in [2.05, 4.69) is 15.4 Å². The number of aromatic nitrogens is 3. The van der Waals surface area contributed by atoms with Crippen LogP contribution in [0.15, 0.2) is 36.5 Å². The van der Waals surface area contributed by atoms with E-state index in [-0.39, 0.29) is 36.0 Å². The van der Waals surface area contributed by atoms with Crippen LogP contribution in [0.25, 0.3) is 5.65 Å². The Bertz CT molecular complexity index is 999. The van der Waals surface area contributed by atoms with E-state index in [4.69, 9.17) is 15.2 Å². The molecule has 0 fully saturated rings. The first-order valence-corrected chi connectivity index (χ1v) is 8.12. The van der Waals surface area contributed by atoms with Gasteiger partial charge in [0.05, 0.1) is 13.7 Å². The third kappa shape index (κ3) is 3.58. The van der Waals surface area contributed by atoms with Crippen molar-refractivity contribution >= 4 is 17.5 Å². The van der Waals surface area contributed by atoms with Crippen LogP contribution in [0, 0.1) is 0 Å². The number of hydrogen-bond acceptors (Lipinski definition) is 6. The molecular weight excluding hydrogens is 350 g/mol. The Kier molecular flexibility index (Phi) is 5.32. The van der Waals surface area contributed by atoms with E-state index < -0.39 is 5.91 Å². The molecule has 9 nitrogen and oxygen atoms in total. The molecule has 9 heteroatoms. The van der Waals surface area contributed by atoms with E-state index in [0.717, 1.165) is 5.56 Å². The molecule has 0 radical (unpaired) electrons. The molecule has 140 valence electrons. The zero-order chi connectivity index (χ0) is 19.4. The Hall–Kier alpha value is -3.46. The van der Waals surface area contributed by atoms with Gasteiger partial charge in [0.25, 0.3) is 11.8 Å². The fourth-order valence-corrected chi connectivity index (χ4v) is 2.77.